The fourth-order valence-electron chi connectivity index (χ4n) is 7.16. The number of carbonyl (C=O) groups excluding carboxylic acids is 3. The Morgan fingerprint density at radius 3 is 2.37 bits per heavy atom. The van der Waals surface area contributed by atoms with E-state index >= 15 is 0 Å². The van der Waals surface area contributed by atoms with E-state index in [0.29, 0.717) is 62.1 Å². The Hall–Kier alpha value is -4.11. The lowest BCUT2D eigenvalue weighted by molar-refractivity contribution is -0.133. The SMILES string of the molecule is CN=C(COC1CCOCC1)Nc1cc(OCC2CCN(CCN3CCN(c4ccc(NC5CCC(=O)NC5=O)cc4)CC3)CC2)cc(F)c1C=O. The second-order valence-electron chi connectivity index (χ2n) is 14.0. The highest BCUT2D eigenvalue weighted by Gasteiger charge is 2.27. The molecule has 52 heavy (non-hydrogen) atoms. The number of ether oxygens (including phenoxy) is 3. The number of likely N-dealkylation sites (tertiary alicyclic amines) is 1. The maximum atomic E-state index is 14.9. The van der Waals surface area contributed by atoms with Crippen LogP contribution in [0.3, 0.4) is 0 Å². The summed E-state index contributed by atoms with van der Waals surface area (Å²) in [6.45, 7) is 10.1. The van der Waals surface area contributed by atoms with Crippen molar-refractivity contribution in [2.24, 2.45) is 10.9 Å². The molecular formula is C38H52FN7O6. The molecule has 4 aliphatic rings. The zero-order chi connectivity index (χ0) is 36.3. The van der Waals surface area contributed by atoms with Gasteiger partial charge in [0.2, 0.25) is 11.8 Å². The summed E-state index contributed by atoms with van der Waals surface area (Å²) in [6, 6.07) is 10.7. The molecule has 1 unspecified atom stereocenters. The minimum absolute atomic E-state index is 0.0653. The first-order valence-electron chi connectivity index (χ1n) is 18.6. The molecular weight excluding hydrogens is 669 g/mol. The highest BCUT2D eigenvalue weighted by Crippen LogP contribution is 2.27. The van der Waals surface area contributed by atoms with Crippen molar-refractivity contribution < 1.29 is 33.0 Å². The minimum Gasteiger partial charge on any atom is -0.493 e. The lowest BCUT2D eigenvalue weighted by Crippen LogP contribution is -2.49. The van der Waals surface area contributed by atoms with Crippen LogP contribution in [0.4, 0.5) is 21.5 Å². The summed E-state index contributed by atoms with van der Waals surface area (Å²) in [5.74, 6) is 0.151. The fourth-order valence-corrected chi connectivity index (χ4v) is 7.16. The molecule has 0 bridgehead atoms. The molecule has 4 saturated heterocycles. The first-order chi connectivity index (χ1) is 25.4. The van der Waals surface area contributed by atoms with Crippen LogP contribution in [-0.4, -0.2) is 132 Å². The lowest BCUT2D eigenvalue weighted by atomic mass is 9.98. The summed E-state index contributed by atoms with van der Waals surface area (Å²) < 4.78 is 32.4. The molecule has 3 N–H and O–H groups in total. The predicted octanol–water partition coefficient (Wildman–Crippen LogP) is 3.40. The number of piperidine rings is 2. The van der Waals surface area contributed by atoms with Crippen LogP contribution in [-0.2, 0) is 19.1 Å². The zero-order valence-corrected chi connectivity index (χ0v) is 30.1. The van der Waals surface area contributed by atoms with E-state index in [1.54, 1.807) is 13.1 Å². The van der Waals surface area contributed by atoms with E-state index in [-0.39, 0.29) is 36.1 Å². The number of carbonyl (C=O) groups is 3. The van der Waals surface area contributed by atoms with Crippen molar-refractivity contribution in [2.75, 3.05) is 101 Å². The van der Waals surface area contributed by atoms with Gasteiger partial charge in [-0.15, -0.1) is 0 Å². The Kier molecular flexibility index (Phi) is 13.5. The molecule has 4 heterocycles. The standard InChI is InChI=1S/C38H52FN7O6/c1-40-36(26-52-30-10-20-50-21-11-30)42-35-23-31(22-33(39)32(35)24-47)51-25-27-8-12-44(13-9-27)14-15-45-16-18-46(19-17-45)29-4-2-28(3-5-29)41-34-6-7-37(48)43-38(34)49/h2-5,22-24,27,30,34,41H,6-21,25-26H2,1H3,(H,40,42)(H,43,48,49). The average Bonchev–Trinajstić information content (AvgIpc) is 3.17. The number of hydrogen-bond donors (Lipinski definition) is 3. The summed E-state index contributed by atoms with van der Waals surface area (Å²) in [4.78, 5) is 46.9. The number of rotatable bonds is 14. The van der Waals surface area contributed by atoms with Crippen LogP contribution in [0.1, 0.15) is 48.9 Å². The van der Waals surface area contributed by atoms with Crippen LogP contribution >= 0.6 is 0 Å². The molecule has 0 aromatic heterocycles. The van der Waals surface area contributed by atoms with Crippen molar-refractivity contribution in [3.8, 4) is 5.75 Å². The second kappa shape index (κ2) is 18.6. The highest BCUT2D eigenvalue weighted by molar-refractivity contribution is 6.01. The van der Waals surface area contributed by atoms with E-state index in [4.69, 9.17) is 14.2 Å². The maximum Gasteiger partial charge on any atom is 0.249 e. The fraction of sp³-hybridized carbons (Fsp3) is 0.579. The Balaban J connectivity index is 0.884. The van der Waals surface area contributed by atoms with Gasteiger partial charge in [0.1, 0.15) is 30.1 Å². The molecule has 13 nitrogen and oxygen atoms in total. The number of nitrogens with one attached hydrogen (secondary N) is 3. The maximum absolute atomic E-state index is 14.9. The number of amidine groups is 1. The first kappa shape index (κ1) is 37.6. The first-order valence-corrected chi connectivity index (χ1v) is 18.6. The minimum atomic E-state index is -0.635. The zero-order valence-electron chi connectivity index (χ0n) is 30.1. The predicted molar refractivity (Wildman–Crippen MR) is 198 cm³/mol. The van der Waals surface area contributed by atoms with Crippen LogP contribution in [0.5, 0.6) is 5.75 Å². The summed E-state index contributed by atoms with van der Waals surface area (Å²) in [6.07, 6.45) is 5.12. The van der Waals surface area contributed by atoms with E-state index in [0.717, 1.165) is 83.7 Å². The molecule has 1 atom stereocenters. The number of piperazine rings is 1. The molecule has 2 aromatic rings. The molecule has 4 aliphatic heterocycles. The third-order valence-corrected chi connectivity index (χ3v) is 10.5. The van der Waals surface area contributed by atoms with Crippen molar-refractivity contribution in [1.29, 1.82) is 0 Å². The van der Waals surface area contributed by atoms with Gasteiger partial charge in [-0.3, -0.25) is 29.6 Å². The number of imide groups is 1. The van der Waals surface area contributed by atoms with Gasteiger partial charge in [0.05, 0.1) is 24.0 Å². The molecule has 14 heteroatoms. The van der Waals surface area contributed by atoms with Gasteiger partial charge in [0.25, 0.3) is 0 Å². The Bertz CT molecular complexity index is 1540. The molecule has 6 rings (SSSR count). The van der Waals surface area contributed by atoms with Crippen molar-refractivity contribution in [2.45, 2.75) is 50.7 Å². The average molecular weight is 722 g/mol. The van der Waals surface area contributed by atoms with Crippen LogP contribution in [0, 0.1) is 11.7 Å². The summed E-state index contributed by atoms with van der Waals surface area (Å²) in [5.41, 5.74) is 2.29. The molecule has 0 radical (unpaired) electrons. The van der Waals surface area contributed by atoms with Gasteiger partial charge in [0.15, 0.2) is 6.29 Å². The molecule has 0 saturated carbocycles. The number of aldehydes is 1. The third kappa shape index (κ3) is 10.5. The van der Waals surface area contributed by atoms with Gasteiger partial charge in [0, 0.05) is 89.5 Å². The van der Waals surface area contributed by atoms with Gasteiger partial charge in [-0.1, -0.05) is 0 Å². The van der Waals surface area contributed by atoms with Gasteiger partial charge in [-0.2, -0.15) is 0 Å². The number of nitrogens with zero attached hydrogens (tertiary/aromatic N) is 4. The smallest absolute Gasteiger partial charge is 0.249 e. The number of halogens is 1. The Labute approximate surface area is 305 Å². The van der Waals surface area contributed by atoms with Crippen LogP contribution in [0.25, 0.3) is 0 Å². The van der Waals surface area contributed by atoms with Gasteiger partial charge in [-0.25, -0.2) is 4.39 Å². The van der Waals surface area contributed by atoms with Crippen molar-refractivity contribution >= 4 is 41.0 Å². The normalized spacial score (nSPS) is 21.5. The monoisotopic (exact) mass is 721 g/mol. The number of aliphatic imine (C=N–C) groups is 1. The number of benzene rings is 2. The van der Waals surface area contributed by atoms with E-state index in [2.05, 4.69) is 47.8 Å². The number of anilines is 3. The van der Waals surface area contributed by atoms with Gasteiger partial charge in [-0.05, 0) is 75.4 Å². The quantitative estimate of drug-likeness (QED) is 0.115. The van der Waals surface area contributed by atoms with Crippen molar-refractivity contribution in [3.63, 3.8) is 0 Å². The van der Waals surface area contributed by atoms with Crippen LogP contribution in [0.15, 0.2) is 41.4 Å². The van der Waals surface area contributed by atoms with E-state index in [1.165, 1.54) is 11.8 Å². The summed E-state index contributed by atoms with van der Waals surface area (Å²) >= 11 is 0. The molecule has 2 aromatic carbocycles. The van der Waals surface area contributed by atoms with E-state index in [1.807, 2.05) is 12.1 Å². The number of amides is 2. The topological polar surface area (TPSA) is 137 Å². The highest BCUT2D eigenvalue weighted by atomic mass is 19.1. The van der Waals surface area contributed by atoms with E-state index < -0.39 is 5.82 Å². The van der Waals surface area contributed by atoms with E-state index in [9.17, 15) is 18.8 Å². The molecule has 4 fully saturated rings. The Morgan fingerprint density at radius 1 is 0.981 bits per heavy atom. The van der Waals surface area contributed by atoms with Crippen molar-refractivity contribution in [1.82, 2.24) is 15.1 Å². The van der Waals surface area contributed by atoms with Crippen molar-refractivity contribution in [3.05, 3.63) is 47.8 Å². The summed E-state index contributed by atoms with van der Waals surface area (Å²) in [7, 11) is 1.63. The van der Waals surface area contributed by atoms with Gasteiger partial charge >= 0.3 is 0 Å². The molecule has 0 aliphatic carbocycles. The largest absolute Gasteiger partial charge is 0.493 e. The molecule has 0 spiro atoms. The second-order valence-corrected chi connectivity index (χ2v) is 14.0. The van der Waals surface area contributed by atoms with Crippen LogP contribution < -0.4 is 25.6 Å². The summed E-state index contributed by atoms with van der Waals surface area (Å²) in [5, 5.41) is 8.72. The number of hydrogen-bond acceptors (Lipinski definition) is 11. The third-order valence-electron chi connectivity index (χ3n) is 10.5. The lowest BCUT2D eigenvalue weighted by Gasteiger charge is -2.38. The molecule has 2 amide bonds. The Morgan fingerprint density at radius 2 is 1.69 bits per heavy atom. The molecule has 282 valence electrons. The van der Waals surface area contributed by atoms with Gasteiger partial charge < -0.3 is 34.6 Å². The van der Waals surface area contributed by atoms with Crippen LogP contribution in [0.2, 0.25) is 0 Å².